The van der Waals surface area contributed by atoms with Crippen molar-refractivity contribution in [3.05, 3.63) is 60.0 Å². The molecule has 0 fully saturated rings. The number of rotatable bonds is 3. The molecule has 1 aliphatic rings. The van der Waals surface area contributed by atoms with Crippen molar-refractivity contribution in [2.75, 3.05) is 0 Å². The fourth-order valence-corrected chi connectivity index (χ4v) is 2.40. The molecule has 2 unspecified atom stereocenters. The van der Waals surface area contributed by atoms with Crippen LogP contribution in [0.3, 0.4) is 0 Å². The SMILES string of the molecule is CC(C)CC1(F)C=CC(c2ccccc2)C(F)=C1. The van der Waals surface area contributed by atoms with E-state index in [4.69, 9.17) is 0 Å². The van der Waals surface area contributed by atoms with Gasteiger partial charge in [0, 0.05) is 0 Å². The van der Waals surface area contributed by atoms with E-state index in [1.807, 2.05) is 44.2 Å². The van der Waals surface area contributed by atoms with Crippen molar-refractivity contribution in [2.24, 2.45) is 5.92 Å². The number of alkyl halides is 1. The van der Waals surface area contributed by atoms with Gasteiger partial charge in [0.25, 0.3) is 0 Å². The minimum absolute atomic E-state index is 0.192. The fraction of sp³-hybridized carbons (Fsp3) is 0.375. The van der Waals surface area contributed by atoms with Crippen molar-refractivity contribution >= 4 is 0 Å². The van der Waals surface area contributed by atoms with Crippen molar-refractivity contribution in [1.82, 2.24) is 0 Å². The van der Waals surface area contributed by atoms with Crippen LogP contribution in [-0.2, 0) is 0 Å². The molecule has 0 heterocycles. The lowest BCUT2D eigenvalue weighted by atomic mass is 9.84. The molecule has 1 aliphatic carbocycles. The Balaban J connectivity index is 2.22. The summed E-state index contributed by atoms with van der Waals surface area (Å²) in [7, 11) is 0. The van der Waals surface area contributed by atoms with Crippen LogP contribution in [0.2, 0.25) is 0 Å². The quantitative estimate of drug-likeness (QED) is 0.664. The van der Waals surface area contributed by atoms with Gasteiger partial charge in [-0.25, -0.2) is 8.78 Å². The molecule has 0 aliphatic heterocycles. The lowest BCUT2D eigenvalue weighted by Gasteiger charge is -2.26. The summed E-state index contributed by atoms with van der Waals surface area (Å²) in [6.07, 6.45) is 4.57. The maximum atomic E-state index is 14.4. The van der Waals surface area contributed by atoms with Crippen LogP contribution in [-0.4, -0.2) is 5.67 Å². The van der Waals surface area contributed by atoms with E-state index in [-0.39, 0.29) is 5.92 Å². The lowest BCUT2D eigenvalue weighted by molar-refractivity contribution is 0.240. The van der Waals surface area contributed by atoms with Gasteiger partial charge in [-0.3, -0.25) is 0 Å². The second-order valence-electron chi connectivity index (χ2n) is 5.30. The molecule has 1 aromatic carbocycles. The number of halogens is 2. The van der Waals surface area contributed by atoms with Gasteiger partial charge >= 0.3 is 0 Å². The molecule has 0 N–H and O–H groups in total. The first-order valence-corrected chi connectivity index (χ1v) is 6.32. The van der Waals surface area contributed by atoms with E-state index in [2.05, 4.69) is 0 Å². The minimum Gasteiger partial charge on any atom is -0.235 e. The number of benzene rings is 1. The van der Waals surface area contributed by atoms with Crippen LogP contribution in [0.25, 0.3) is 0 Å². The third-order valence-corrected chi connectivity index (χ3v) is 3.12. The maximum absolute atomic E-state index is 14.4. The highest BCUT2D eigenvalue weighted by Gasteiger charge is 2.31. The van der Waals surface area contributed by atoms with Crippen LogP contribution < -0.4 is 0 Å². The van der Waals surface area contributed by atoms with Gasteiger partial charge in [-0.05, 0) is 30.1 Å². The molecule has 2 heteroatoms. The molecular weight excluding hydrogens is 230 g/mol. The zero-order chi connectivity index (χ0) is 13.2. The van der Waals surface area contributed by atoms with E-state index >= 15 is 0 Å². The molecule has 2 atom stereocenters. The van der Waals surface area contributed by atoms with E-state index < -0.39 is 17.4 Å². The Kier molecular flexibility index (Phi) is 3.65. The van der Waals surface area contributed by atoms with Gasteiger partial charge in [0.2, 0.25) is 0 Å². The third-order valence-electron chi connectivity index (χ3n) is 3.12. The Hall–Kier alpha value is -1.44. The Bertz CT molecular complexity index is 459. The molecule has 0 radical (unpaired) electrons. The summed E-state index contributed by atoms with van der Waals surface area (Å²) in [5.41, 5.74) is -0.780. The summed E-state index contributed by atoms with van der Waals surface area (Å²) in [6, 6.07) is 9.33. The average molecular weight is 248 g/mol. The molecule has 96 valence electrons. The van der Waals surface area contributed by atoms with Crippen LogP contribution in [0.1, 0.15) is 31.7 Å². The van der Waals surface area contributed by atoms with Gasteiger partial charge in [-0.15, -0.1) is 0 Å². The Morgan fingerprint density at radius 3 is 2.44 bits per heavy atom. The highest BCUT2D eigenvalue weighted by Crippen LogP contribution is 2.37. The monoisotopic (exact) mass is 248 g/mol. The van der Waals surface area contributed by atoms with Crippen LogP contribution in [0.4, 0.5) is 8.78 Å². The summed E-state index contributed by atoms with van der Waals surface area (Å²) >= 11 is 0. The molecule has 1 aromatic rings. The standard InChI is InChI=1S/C16H18F2/c1-12(2)10-16(18)9-8-14(15(17)11-16)13-6-4-3-5-7-13/h3-9,11-12,14H,10H2,1-2H3. The summed E-state index contributed by atoms with van der Waals surface area (Å²) in [6.45, 7) is 3.87. The van der Waals surface area contributed by atoms with Crippen LogP contribution in [0, 0.1) is 5.92 Å². The lowest BCUT2D eigenvalue weighted by Crippen LogP contribution is -2.23. The summed E-state index contributed by atoms with van der Waals surface area (Å²) in [5, 5.41) is 0. The van der Waals surface area contributed by atoms with E-state index in [0.29, 0.717) is 6.42 Å². The zero-order valence-corrected chi connectivity index (χ0v) is 10.7. The van der Waals surface area contributed by atoms with Crippen LogP contribution >= 0.6 is 0 Å². The Morgan fingerprint density at radius 1 is 1.22 bits per heavy atom. The van der Waals surface area contributed by atoms with E-state index in [1.54, 1.807) is 6.08 Å². The van der Waals surface area contributed by atoms with Crippen molar-refractivity contribution in [1.29, 1.82) is 0 Å². The highest BCUT2D eigenvalue weighted by atomic mass is 19.1. The normalized spacial score (nSPS) is 27.4. The summed E-state index contributed by atoms with van der Waals surface area (Å²) in [5.74, 6) is -0.647. The van der Waals surface area contributed by atoms with Gasteiger partial charge in [0.05, 0.1) is 5.92 Å². The first-order chi connectivity index (χ1) is 8.50. The van der Waals surface area contributed by atoms with E-state index in [9.17, 15) is 8.78 Å². The predicted molar refractivity (Wildman–Crippen MR) is 70.8 cm³/mol. The van der Waals surface area contributed by atoms with Gasteiger partial charge in [-0.1, -0.05) is 50.3 Å². The van der Waals surface area contributed by atoms with Gasteiger partial charge in [0.15, 0.2) is 0 Å². The van der Waals surface area contributed by atoms with Crippen molar-refractivity contribution in [3.8, 4) is 0 Å². The predicted octanol–water partition coefficient (Wildman–Crippen LogP) is 4.95. The summed E-state index contributed by atoms with van der Waals surface area (Å²) in [4.78, 5) is 0. The zero-order valence-electron chi connectivity index (χ0n) is 10.7. The molecular formula is C16H18F2. The first-order valence-electron chi connectivity index (χ1n) is 6.32. The molecule has 18 heavy (non-hydrogen) atoms. The molecule has 0 spiro atoms. The van der Waals surface area contributed by atoms with Crippen LogP contribution in [0.5, 0.6) is 0 Å². The van der Waals surface area contributed by atoms with Gasteiger partial charge in [-0.2, -0.15) is 0 Å². The Morgan fingerprint density at radius 2 is 1.89 bits per heavy atom. The molecule has 0 saturated heterocycles. The minimum atomic E-state index is -1.64. The smallest absolute Gasteiger partial charge is 0.150 e. The molecule has 0 aromatic heterocycles. The molecule has 0 saturated carbocycles. The van der Waals surface area contributed by atoms with Crippen molar-refractivity contribution in [2.45, 2.75) is 31.9 Å². The first kappa shape index (κ1) is 13.0. The second kappa shape index (κ2) is 5.05. The molecule has 0 bridgehead atoms. The largest absolute Gasteiger partial charge is 0.235 e. The number of hydrogen-bond acceptors (Lipinski definition) is 0. The maximum Gasteiger partial charge on any atom is 0.150 e. The summed E-state index contributed by atoms with van der Waals surface area (Å²) < 4.78 is 28.4. The van der Waals surface area contributed by atoms with Crippen LogP contribution in [0.15, 0.2) is 54.4 Å². The van der Waals surface area contributed by atoms with E-state index in [1.165, 1.54) is 6.08 Å². The van der Waals surface area contributed by atoms with E-state index in [0.717, 1.165) is 11.6 Å². The molecule has 0 nitrogen and oxygen atoms in total. The van der Waals surface area contributed by atoms with Gasteiger partial charge in [0.1, 0.15) is 11.5 Å². The van der Waals surface area contributed by atoms with Gasteiger partial charge < -0.3 is 0 Å². The average Bonchev–Trinajstić information content (AvgIpc) is 2.28. The topological polar surface area (TPSA) is 0 Å². The number of allylic oxidation sites excluding steroid dienone is 4. The van der Waals surface area contributed by atoms with Crippen molar-refractivity contribution < 1.29 is 8.78 Å². The van der Waals surface area contributed by atoms with Crippen molar-refractivity contribution in [3.63, 3.8) is 0 Å². The third kappa shape index (κ3) is 2.87. The Labute approximate surface area is 107 Å². The molecule has 0 amide bonds. The number of hydrogen-bond donors (Lipinski definition) is 0. The second-order valence-corrected chi connectivity index (χ2v) is 5.30. The fourth-order valence-electron chi connectivity index (χ4n) is 2.40. The highest BCUT2D eigenvalue weighted by molar-refractivity contribution is 5.37. The molecule has 2 rings (SSSR count).